The molecule has 0 bridgehead atoms. The highest BCUT2D eigenvalue weighted by Gasteiger charge is 2.56. The Balaban J connectivity index is 0.000000277. The number of carbonyl (C=O) groups is 10. The number of nitrogens with one attached hydrogen (secondary N) is 4. The van der Waals surface area contributed by atoms with Gasteiger partial charge in [0, 0.05) is 133 Å². The summed E-state index contributed by atoms with van der Waals surface area (Å²) in [7, 11) is 0. The van der Waals surface area contributed by atoms with Gasteiger partial charge in [0.2, 0.25) is 11.8 Å². The van der Waals surface area contributed by atoms with Crippen molar-refractivity contribution < 1.29 is 105 Å². The first kappa shape index (κ1) is 95.9. The second-order valence-corrected chi connectivity index (χ2v) is 35.3. The molecule has 6 aromatic rings. The minimum Gasteiger partial charge on any atom is -0.456 e. The maximum atomic E-state index is 13.8. The molecule has 28 heteroatoms. The van der Waals surface area contributed by atoms with Crippen molar-refractivity contribution >= 4 is 82.6 Å². The summed E-state index contributed by atoms with van der Waals surface area (Å²) in [5, 5.41) is 11.6. The van der Waals surface area contributed by atoms with Crippen molar-refractivity contribution in [2.24, 2.45) is 21.7 Å². The summed E-state index contributed by atoms with van der Waals surface area (Å²) < 4.78 is 70.2. The third-order valence-corrected chi connectivity index (χ3v) is 20.8. The first-order valence-corrected chi connectivity index (χ1v) is 43.3. The molecule has 4 aliphatic rings. The Bertz CT molecular complexity index is 4530. The predicted molar refractivity (Wildman–Crippen MR) is 459 cm³/mol. The van der Waals surface area contributed by atoms with Gasteiger partial charge < -0.3 is 78.1 Å². The van der Waals surface area contributed by atoms with E-state index in [1.165, 1.54) is 6.07 Å². The molecule has 6 aromatic carbocycles. The van der Waals surface area contributed by atoms with Crippen LogP contribution in [0, 0.1) is 21.7 Å². The number of fused-ring (bicyclic) bond motifs is 12. The van der Waals surface area contributed by atoms with Gasteiger partial charge in [0.1, 0.15) is 46.0 Å². The molecule has 122 heavy (non-hydrogen) atoms. The van der Waals surface area contributed by atoms with Gasteiger partial charge in [-0.3, -0.25) is 38.4 Å². The van der Waals surface area contributed by atoms with Crippen LogP contribution in [0.4, 0.5) is 0 Å². The van der Waals surface area contributed by atoms with E-state index in [-0.39, 0.29) is 86.3 Å². The number of ether oxygens (including phenoxy) is 12. The molecule has 0 aromatic heterocycles. The van der Waals surface area contributed by atoms with Crippen LogP contribution in [0.25, 0.3) is 0 Å². The summed E-state index contributed by atoms with van der Waals surface area (Å²) in [6, 6.07) is 29.0. The average molecular weight is 1730 g/mol. The van der Waals surface area contributed by atoms with E-state index < -0.39 is 68.7 Å². The number of esters is 6. The van der Waals surface area contributed by atoms with Gasteiger partial charge in [0.25, 0.3) is 11.8 Å². The van der Waals surface area contributed by atoms with Crippen LogP contribution in [0.2, 0.25) is 0 Å². The first-order chi connectivity index (χ1) is 58.1. The fraction of sp³-hybridized carbons (Fsp3) is 0.511. The molecule has 4 aliphatic heterocycles. The number of amides is 4. The van der Waals surface area contributed by atoms with E-state index in [0.717, 1.165) is 64.2 Å². The zero-order valence-electron chi connectivity index (χ0n) is 72.3. The average Bonchev–Trinajstić information content (AvgIpc) is 1.51. The summed E-state index contributed by atoms with van der Waals surface area (Å²) in [4.78, 5) is 130. The minimum absolute atomic E-state index is 0.0489. The molecule has 26 nitrogen and oxygen atoms in total. The zero-order chi connectivity index (χ0) is 88.4. The molecule has 0 saturated heterocycles. The first-order valence-electron chi connectivity index (χ1n) is 42.2. The van der Waals surface area contributed by atoms with Gasteiger partial charge >= 0.3 is 35.8 Å². The highest BCUT2D eigenvalue weighted by molar-refractivity contribution is 6.18. The van der Waals surface area contributed by atoms with Crippen LogP contribution in [-0.2, 0) is 68.4 Å². The number of halogens is 2. The standard InChI is InChI=1S/2C47H59ClN2O11/c1-45(2,3)43(54)58-32-16-19-36-38(29-32)60-39-30-33(59-44(55)46(4,5)6)17-20-37(39)47(36)35-18-15-31(28-34(35)42(53)61-47)41(52)50-22-12-9-10-14-40(51)49-23-25-57-27-26-56-24-13-8-7-11-21-48;1-45(2,3)43(54)58-32-16-19-35-38(29-32)60-39-30-33(59-44(55)46(4,5)6)17-20-36(39)47(35)37-28-31(15-18-34(37)42(53)61-47)41(52)50-22-12-9-10-14-40(51)49-23-25-57-27-26-56-24-13-8-7-11-21-48/h2*15-20,28-30H,7-14,21-27H2,1-6H3,(H,49,51)(H,50,52). The summed E-state index contributed by atoms with van der Waals surface area (Å²) in [5.74, 6) is -0.557. The highest BCUT2D eigenvalue weighted by Crippen LogP contribution is 2.59. The van der Waals surface area contributed by atoms with E-state index >= 15 is 0 Å². The van der Waals surface area contributed by atoms with Gasteiger partial charge in [-0.25, -0.2) is 9.59 Å². The van der Waals surface area contributed by atoms with Crippen molar-refractivity contribution in [1.82, 2.24) is 21.3 Å². The zero-order valence-corrected chi connectivity index (χ0v) is 73.9. The molecule has 2 spiro atoms. The number of hydrogen-bond donors (Lipinski definition) is 4. The van der Waals surface area contributed by atoms with E-state index in [0.29, 0.717) is 168 Å². The number of unbranched alkanes of at least 4 members (excludes halogenated alkanes) is 10. The van der Waals surface area contributed by atoms with Gasteiger partial charge in [-0.2, -0.15) is 0 Å². The van der Waals surface area contributed by atoms with Gasteiger partial charge in [-0.15, -0.1) is 23.2 Å². The molecule has 4 heterocycles. The van der Waals surface area contributed by atoms with Crippen molar-refractivity contribution in [2.75, 3.05) is 90.8 Å². The number of hydrogen-bond acceptors (Lipinski definition) is 22. The molecular formula is C94H118Cl2N4O22. The second-order valence-electron chi connectivity index (χ2n) is 34.5. The van der Waals surface area contributed by atoms with E-state index in [4.69, 9.17) is 80.0 Å². The number of rotatable bonds is 42. The fourth-order valence-corrected chi connectivity index (χ4v) is 13.8. The second kappa shape index (κ2) is 44.4. The van der Waals surface area contributed by atoms with Crippen LogP contribution in [0.1, 0.15) is 261 Å². The fourth-order valence-electron chi connectivity index (χ4n) is 13.4. The minimum atomic E-state index is -1.56. The van der Waals surface area contributed by atoms with Crippen LogP contribution in [-0.4, -0.2) is 150 Å². The van der Waals surface area contributed by atoms with Crippen LogP contribution < -0.4 is 49.7 Å². The van der Waals surface area contributed by atoms with Crippen LogP contribution >= 0.6 is 23.2 Å². The Labute approximate surface area is 725 Å². The molecule has 4 amide bonds. The smallest absolute Gasteiger partial charge is 0.340 e. The third-order valence-electron chi connectivity index (χ3n) is 20.3. The molecule has 10 rings (SSSR count). The Kier molecular flexibility index (Phi) is 34.9. The molecule has 0 atom stereocenters. The summed E-state index contributed by atoms with van der Waals surface area (Å²) >= 11 is 11.4. The van der Waals surface area contributed by atoms with Gasteiger partial charge in [-0.1, -0.05) is 44.6 Å². The normalized spacial score (nSPS) is 13.7. The molecule has 0 fully saturated rings. The van der Waals surface area contributed by atoms with E-state index in [1.54, 1.807) is 186 Å². The monoisotopic (exact) mass is 1720 g/mol. The molecule has 0 saturated carbocycles. The lowest BCUT2D eigenvalue weighted by molar-refractivity contribution is -0.143. The van der Waals surface area contributed by atoms with Crippen molar-refractivity contribution in [1.29, 1.82) is 0 Å². The number of benzene rings is 6. The predicted octanol–water partition coefficient (Wildman–Crippen LogP) is 16.8. The number of alkyl halides is 2. The highest BCUT2D eigenvalue weighted by atomic mass is 35.5. The van der Waals surface area contributed by atoms with E-state index in [1.807, 2.05) is 0 Å². The largest absolute Gasteiger partial charge is 0.456 e. The maximum absolute atomic E-state index is 13.8. The Morgan fingerprint density at radius 2 is 0.639 bits per heavy atom. The van der Waals surface area contributed by atoms with Crippen molar-refractivity contribution in [3.63, 3.8) is 0 Å². The Hall–Kier alpha value is -9.96. The quantitative estimate of drug-likeness (QED) is 0.0120. The summed E-state index contributed by atoms with van der Waals surface area (Å²) in [6.07, 6.45) is 13.4. The molecule has 4 N–H and O–H groups in total. The lowest BCUT2D eigenvalue weighted by atomic mass is 9.77. The van der Waals surface area contributed by atoms with Crippen molar-refractivity contribution in [3.05, 3.63) is 165 Å². The van der Waals surface area contributed by atoms with Crippen LogP contribution in [0.5, 0.6) is 46.0 Å². The van der Waals surface area contributed by atoms with Crippen LogP contribution in [0.3, 0.4) is 0 Å². The van der Waals surface area contributed by atoms with Crippen LogP contribution in [0.15, 0.2) is 109 Å². The molecular weight excluding hydrogens is 1610 g/mol. The van der Waals surface area contributed by atoms with Gasteiger partial charge in [-0.05, 0) is 213 Å². The van der Waals surface area contributed by atoms with Gasteiger partial charge in [0.05, 0.1) is 72.4 Å². The Morgan fingerprint density at radius 3 is 1.01 bits per heavy atom. The Morgan fingerprint density at radius 1 is 0.320 bits per heavy atom. The molecule has 0 radical (unpaired) electrons. The third kappa shape index (κ3) is 26.1. The molecule has 660 valence electrons. The lowest BCUT2D eigenvalue weighted by Gasteiger charge is -2.37. The SMILES string of the molecule is CC(C)(C)C(=O)Oc1ccc2c(c1)Oc1cc(OC(=O)C(C)(C)C)ccc1C21OC(=O)c2cc(C(=O)NCCCCCC(=O)NCCOCCOCCCCCCCl)ccc21.CC(C)(C)C(=O)Oc1ccc2c(c1)Oc1cc(OC(=O)C(C)(C)C)ccc1C21OC(=O)c2ccc(C(=O)NCCCCCC(=O)NCCOCCOCCCCCCCl)cc21. The topological polar surface area (TPSA) is 330 Å². The van der Waals surface area contributed by atoms with Crippen molar-refractivity contribution in [2.45, 2.75) is 197 Å². The van der Waals surface area contributed by atoms with Crippen molar-refractivity contribution in [3.8, 4) is 46.0 Å². The molecule has 0 unspecified atom stereocenters. The number of carbonyl (C=O) groups excluding carboxylic acids is 10. The van der Waals surface area contributed by atoms with Gasteiger partial charge in [0.15, 0.2) is 11.2 Å². The van der Waals surface area contributed by atoms with E-state index in [9.17, 15) is 47.9 Å². The summed E-state index contributed by atoms with van der Waals surface area (Å²) in [6.45, 7) is 26.8. The maximum Gasteiger partial charge on any atom is 0.340 e. The lowest BCUT2D eigenvalue weighted by Crippen LogP contribution is -2.33. The van der Waals surface area contributed by atoms with E-state index in [2.05, 4.69) is 21.3 Å². The molecule has 0 aliphatic carbocycles. The summed E-state index contributed by atoms with van der Waals surface area (Å²) in [5.41, 5.74) is -2.35.